The molecular weight excluding hydrogens is 420 g/mol. The Bertz CT molecular complexity index is 1240. The molecule has 0 spiro atoms. The van der Waals surface area contributed by atoms with E-state index in [0.29, 0.717) is 17.1 Å². The Labute approximate surface area is 180 Å². The van der Waals surface area contributed by atoms with Crippen LogP contribution >= 0.6 is 11.3 Å². The topological polar surface area (TPSA) is 77.7 Å². The molecule has 0 saturated heterocycles. The molecule has 8 heteroatoms. The number of amides is 1. The van der Waals surface area contributed by atoms with Crippen LogP contribution in [0, 0.1) is 13.8 Å². The minimum absolute atomic E-state index is 0.0887. The van der Waals surface area contributed by atoms with Crippen LogP contribution in [0.5, 0.6) is 5.75 Å². The Morgan fingerprint density at radius 1 is 1.13 bits per heavy atom. The summed E-state index contributed by atoms with van der Waals surface area (Å²) in [7, 11) is -1.92. The van der Waals surface area contributed by atoms with Gasteiger partial charge in [0.15, 0.2) is 14.6 Å². The van der Waals surface area contributed by atoms with E-state index in [1.807, 2.05) is 11.5 Å². The molecule has 3 aromatic rings. The molecule has 160 valence electrons. The van der Waals surface area contributed by atoms with Gasteiger partial charge in [0.1, 0.15) is 5.75 Å². The Balaban J connectivity index is 1.73. The lowest BCUT2D eigenvalue weighted by Crippen LogP contribution is -2.16. The lowest BCUT2D eigenvalue weighted by atomic mass is 10.1. The maximum atomic E-state index is 12.5. The number of thiazole rings is 1. The standard InChI is InChI=1S/C22H26N2O4S2/c1-5-24-19-13-15(2)16(3)14-20(19)29-22(24)23-21(25)7-6-12-30(26,27)18-10-8-17(28-4)9-11-18/h8-11,13-14H,5-7,12H2,1-4H3. The number of fused-ring (bicyclic) bond motifs is 1. The van der Waals surface area contributed by atoms with Crippen molar-refractivity contribution in [2.45, 2.75) is 45.1 Å². The van der Waals surface area contributed by atoms with E-state index in [1.165, 1.54) is 41.7 Å². The summed E-state index contributed by atoms with van der Waals surface area (Å²) in [6.45, 7) is 6.86. The molecule has 0 aliphatic carbocycles. The zero-order chi connectivity index (χ0) is 21.9. The summed E-state index contributed by atoms with van der Waals surface area (Å²) in [6, 6.07) is 10.5. The van der Waals surface area contributed by atoms with Gasteiger partial charge in [-0.05, 0) is 74.7 Å². The van der Waals surface area contributed by atoms with Gasteiger partial charge >= 0.3 is 0 Å². The predicted molar refractivity (Wildman–Crippen MR) is 120 cm³/mol. The summed E-state index contributed by atoms with van der Waals surface area (Å²) < 4.78 is 33.1. The molecule has 0 saturated carbocycles. The minimum Gasteiger partial charge on any atom is -0.497 e. The van der Waals surface area contributed by atoms with E-state index in [1.54, 1.807) is 12.1 Å². The Morgan fingerprint density at radius 3 is 2.43 bits per heavy atom. The molecule has 0 bridgehead atoms. The van der Waals surface area contributed by atoms with Crippen molar-refractivity contribution in [3.63, 3.8) is 0 Å². The van der Waals surface area contributed by atoms with Crippen molar-refractivity contribution >= 4 is 37.3 Å². The van der Waals surface area contributed by atoms with Crippen molar-refractivity contribution < 1.29 is 17.9 Å². The number of hydrogen-bond donors (Lipinski definition) is 0. The number of ether oxygens (including phenoxy) is 1. The summed E-state index contributed by atoms with van der Waals surface area (Å²) in [4.78, 5) is 17.6. The number of sulfone groups is 1. The molecule has 0 aliphatic heterocycles. The molecule has 0 N–H and O–H groups in total. The first kappa shape index (κ1) is 22.2. The second-order valence-electron chi connectivity index (χ2n) is 7.14. The number of nitrogens with zero attached hydrogens (tertiary/aromatic N) is 2. The number of rotatable bonds is 7. The maximum Gasteiger partial charge on any atom is 0.248 e. The van der Waals surface area contributed by atoms with Gasteiger partial charge in [0.05, 0.1) is 28.0 Å². The van der Waals surface area contributed by atoms with Crippen molar-refractivity contribution in [1.29, 1.82) is 0 Å². The van der Waals surface area contributed by atoms with Crippen LogP contribution in [0.2, 0.25) is 0 Å². The quantitative estimate of drug-likeness (QED) is 0.549. The maximum absolute atomic E-state index is 12.5. The van der Waals surface area contributed by atoms with Crippen LogP contribution in [0.4, 0.5) is 0 Å². The number of hydrogen-bond acceptors (Lipinski definition) is 5. The SMILES string of the molecule is CCn1c(=NC(=O)CCCS(=O)(=O)c2ccc(OC)cc2)sc2cc(C)c(C)cc21. The van der Waals surface area contributed by atoms with Gasteiger partial charge in [0.2, 0.25) is 5.91 Å². The molecule has 0 radical (unpaired) electrons. The Hall–Kier alpha value is -2.45. The average Bonchev–Trinajstić information content (AvgIpc) is 3.03. The first-order chi connectivity index (χ1) is 14.2. The highest BCUT2D eigenvalue weighted by Gasteiger charge is 2.15. The van der Waals surface area contributed by atoms with E-state index in [2.05, 4.69) is 31.0 Å². The fourth-order valence-electron chi connectivity index (χ4n) is 3.19. The van der Waals surface area contributed by atoms with Crippen molar-refractivity contribution in [2.75, 3.05) is 12.9 Å². The summed E-state index contributed by atoms with van der Waals surface area (Å²) in [6.07, 6.45) is 0.317. The molecule has 2 aromatic carbocycles. The third kappa shape index (κ3) is 4.82. The molecule has 1 aromatic heterocycles. The van der Waals surface area contributed by atoms with Crippen LogP contribution in [-0.4, -0.2) is 31.8 Å². The van der Waals surface area contributed by atoms with Gasteiger partial charge in [0, 0.05) is 13.0 Å². The average molecular weight is 447 g/mol. The molecule has 30 heavy (non-hydrogen) atoms. The number of carbonyl (C=O) groups is 1. The number of benzene rings is 2. The van der Waals surface area contributed by atoms with E-state index in [0.717, 1.165) is 10.2 Å². The van der Waals surface area contributed by atoms with Crippen LogP contribution < -0.4 is 9.54 Å². The van der Waals surface area contributed by atoms with Crippen LogP contribution in [0.15, 0.2) is 46.3 Å². The van der Waals surface area contributed by atoms with Gasteiger partial charge in [-0.25, -0.2) is 8.42 Å². The summed E-state index contributed by atoms with van der Waals surface area (Å²) in [5, 5.41) is 0. The predicted octanol–water partition coefficient (Wildman–Crippen LogP) is 4.03. The van der Waals surface area contributed by atoms with Crippen molar-refractivity contribution in [1.82, 2.24) is 4.57 Å². The van der Waals surface area contributed by atoms with E-state index in [-0.39, 0.29) is 29.4 Å². The number of aromatic nitrogens is 1. The number of aryl methyl sites for hydroxylation is 3. The highest BCUT2D eigenvalue weighted by Crippen LogP contribution is 2.22. The van der Waals surface area contributed by atoms with Crippen molar-refractivity contribution in [2.24, 2.45) is 4.99 Å². The molecule has 1 amide bonds. The number of methoxy groups -OCH3 is 1. The first-order valence-corrected chi connectivity index (χ1v) is 12.3. The van der Waals surface area contributed by atoms with E-state index in [4.69, 9.17) is 4.74 Å². The lowest BCUT2D eigenvalue weighted by Gasteiger charge is -2.05. The van der Waals surface area contributed by atoms with Crippen molar-refractivity contribution in [3.8, 4) is 5.75 Å². The van der Waals surface area contributed by atoms with Gasteiger partial charge in [-0.2, -0.15) is 4.99 Å². The molecule has 0 atom stereocenters. The van der Waals surface area contributed by atoms with Crippen LogP contribution in [0.1, 0.15) is 30.9 Å². The zero-order valence-electron chi connectivity index (χ0n) is 17.6. The molecule has 0 unspecified atom stereocenters. The second-order valence-corrected chi connectivity index (χ2v) is 10.3. The van der Waals surface area contributed by atoms with Crippen LogP contribution in [0.3, 0.4) is 0 Å². The van der Waals surface area contributed by atoms with E-state index < -0.39 is 9.84 Å². The molecular formula is C22H26N2O4S2. The lowest BCUT2D eigenvalue weighted by molar-refractivity contribution is -0.118. The zero-order valence-corrected chi connectivity index (χ0v) is 19.3. The molecule has 0 aliphatic rings. The van der Waals surface area contributed by atoms with Gasteiger partial charge in [-0.1, -0.05) is 11.3 Å². The van der Waals surface area contributed by atoms with E-state index in [9.17, 15) is 13.2 Å². The monoisotopic (exact) mass is 446 g/mol. The largest absolute Gasteiger partial charge is 0.497 e. The van der Waals surface area contributed by atoms with Gasteiger partial charge in [0.25, 0.3) is 0 Å². The third-order valence-corrected chi connectivity index (χ3v) is 7.91. The van der Waals surface area contributed by atoms with Crippen LogP contribution in [0.25, 0.3) is 10.2 Å². The third-order valence-electron chi connectivity index (χ3n) is 5.06. The Kier molecular flexibility index (Phi) is 6.77. The molecule has 3 rings (SSSR count). The first-order valence-electron chi connectivity index (χ1n) is 9.80. The second kappa shape index (κ2) is 9.14. The van der Waals surface area contributed by atoms with E-state index >= 15 is 0 Å². The normalized spacial score (nSPS) is 12.5. The molecule has 6 nitrogen and oxygen atoms in total. The summed E-state index contributed by atoms with van der Waals surface area (Å²) in [5.74, 6) is 0.196. The summed E-state index contributed by atoms with van der Waals surface area (Å²) >= 11 is 1.48. The smallest absolute Gasteiger partial charge is 0.248 e. The molecule has 0 fully saturated rings. The fourth-order valence-corrected chi connectivity index (χ4v) is 5.69. The number of carbonyl (C=O) groups excluding carboxylic acids is 1. The minimum atomic E-state index is -3.45. The van der Waals surface area contributed by atoms with Crippen molar-refractivity contribution in [3.05, 3.63) is 52.3 Å². The fraction of sp³-hybridized carbons (Fsp3) is 0.364. The highest BCUT2D eigenvalue weighted by atomic mass is 32.2. The van der Waals surface area contributed by atoms with Gasteiger partial charge in [-0.15, -0.1) is 0 Å². The van der Waals surface area contributed by atoms with Gasteiger partial charge in [-0.3, -0.25) is 4.79 Å². The Morgan fingerprint density at radius 2 is 1.80 bits per heavy atom. The highest BCUT2D eigenvalue weighted by molar-refractivity contribution is 7.91. The molecule has 1 heterocycles. The van der Waals surface area contributed by atoms with Crippen LogP contribution in [-0.2, 0) is 21.2 Å². The summed E-state index contributed by atoms with van der Waals surface area (Å²) in [5.41, 5.74) is 3.47. The van der Waals surface area contributed by atoms with Gasteiger partial charge < -0.3 is 9.30 Å².